The summed E-state index contributed by atoms with van der Waals surface area (Å²) >= 11 is 0. The van der Waals surface area contributed by atoms with Gasteiger partial charge >= 0.3 is 0 Å². The Morgan fingerprint density at radius 3 is 1.57 bits per heavy atom. The van der Waals surface area contributed by atoms with Gasteiger partial charge in [-0.05, 0) is 13.3 Å². The molecule has 0 saturated heterocycles. The second-order valence-electron chi connectivity index (χ2n) is 7.38. The van der Waals surface area contributed by atoms with Gasteiger partial charge in [-0.3, -0.25) is 0 Å². The quantitative estimate of drug-likeness (QED) is 0.278. The summed E-state index contributed by atoms with van der Waals surface area (Å²) in [5, 5.41) is 0. The summed E-state index contributed by atoms with van der Waals surface area (Å²) in [6, 6.07) is 0.390. The number of hydrogen-bond donors (Lipinski definition) is 0. The van der Waals surface area contributed by atoms with Crippen LogP contribution in [-0.2, 0) is 4.74 Å². The largest absolute Gasteiger partial charge is 0.479 e. The fourth-order valence-corrected chi connectivity index (χ4v) is 3.32. The van der Waals surface area contributed by atoms with Gasteiger partial charge in [-0.25, -0.2) is 4.99 Å². The smallest absolute Gasteiger partial charge is 0.183 e. The first kappa shape index (κ1) is 20.5. The Labute approximate surface area is 145 Å². The van der Waals surface area contributed by atoms with Crippen LogP contribution in [0, 0.1) is 0 Å². The molecule has 1 unspecified atom stereocenters. The lowest BCUT2D eigenvalue weighted by atomic mass is 10.0. The van der Waals surface area contributed by atoms with Gasteiger partial charge in [0, 0.05) is 6.42 Å². The normalized spacial score (nSPS) is 17.3. The minimum atomic E-state index is 0.390. The molecule has 0 aromatic carbocycles. The van der Waals surface area contributed by atoms with E-state index in [0.29, 0.717) is 6.04 Å². The van der Waals surface area contributed by atoms with Crippen molar-refractivity contribution in [3.8, 4) is 0 Å². The molecular formula is C21H41NO. The molecule has 1 atom stereocenters. The van der Waals surface area contributed by atoms with E-state index in [4.69, 9.17) is 4.74 Å². The van der Waals surface area contributed by atoms with Crippen molar-refractivity contribution in [3.05, 3.63) is 0 Å². The highest BCUT2D eigenvalue weighted by Crippen LogP contribution is 2.14. The van der Waals surface area contributed by atoms with Gasteiger partial charge in [-0.2, -0.15) is 0 Å². The van der Waals surface area contributed by atoms with Crippen LogP contribution in [0.5, 0.6) is 0 Å². The molecule has 2 heteroatoms. The fourth-order valence-electron chi connectivity index (χ4n) is 3.32. The van der Waals surface area contributed by atoms with Crippen molar-refractivity contribution in [3.63, 3.8) is 0 Å². The number of rotatable bonds is 16. The third-order valence-corrected chi connectivity index (χ3v) is 4.85. The third-order valence-electron chi connectivity index (χ3n) is 4.85. The number of nitrogens with zero attached hydrogens (tertiary/aromatic N) is 1. The third kappa shape index (κ3) is 12.5. The van der Waals surface area contributed by atoms with Crippen LogP contribution in [0.15, 0.2) is 4.99 Å². The van der Waals surface area contributed by atoms with Crippen LogP contribution in [0.2, 0.25) is 0 Å². The fraction of sp³-hybridized carbons (Fsp3) is 0.952. The topological polar surface area (TPSA) is 21.6 Å². The molecule has 136 valence electrons. The predicted molar refractivity (Wildman–Crippen MR) is 102 cm³/mol. The van der Waals surface area contributed by atoms with Gasteiger partial charge in [-0.1, -0.05) is 96.8 Å². The van der Waals surface area contributed by atoms with E-state index in [9.17, 15) is 0 Å². The first-order valence-corrected chi connectivity index (χ1v) is 10.5. The van der Waals surface area contributed by atoms with Gasteiger partial charge in [0.15, 0.2) is 5.90 Å². The van der Waals surface area contributed by atoms with E-state index in [-0.39, 0.29) is 0 Å². The van der Waals surface area contributed by atoms with Crippen molar-refractivity contribution in [2.45, 2.75) is 123 Å². The first-order valence-electron chi connectivity index (χ1n) is 10.5. The number of unbranched alkanes of at least 4 members (excludes halogenated alkanes) is 14. The van der Waals surface area contributed by atoms with Crippen LogP contribution in [0.25, 0.3) is 0 Å². The lowest BCUT2D eigenvalue weighted by molar-refractivity contribution is 0.314. The SMILES string of the molecule is CCCCCCCCCCCCCCCCCC1=NC(C)CO1. The van der Waals surface area contributed by atoms with Crippen molar-refractivity contribution < 1.29 is 4.74 Å². The van der Waals surface area contributed by atoms with Gasteiger partial charge in [0.05, 0.1) is 6.04 Å². The van der Waals surface area contributed by atoms with Gasteiger partial charge in [0.25, 0.3) is 0 Å². The van der Waals surface area contributed by atoms with Gasteiger partial charge in [0.2, 0.25) is 0 Å². The first-order chi connectivity index (χ1) is 11.3. The highest BCUT2D eigenvalue weighted by atomic mass is 16.5. The molecule has 2 nitrogen and oxygen atoms in total. The highest BCUT2D eigenvalue weighted by molar-refractivity contribution is 5.77. The molecule has 0 bridgehead atoms. The molecule has 0 aromatic rings. The summed E-state index contributed by atoms with van der Waals surface area (Å²) in [5.41, 5.74) is 0. The van der Waals surface area contributed by atoms with E-state index in [1.165, 1.54) is 96.3 Å². The summed E-state index contributed by atoms with van der Waals surface area (Å²) in [4.78, 5) is 4.49. The van der Waals surface area contributed by atoms with Crippen LogP contribution < -0.4 is 0 Å². The molecule has 0 aliphatic carbocycles. The molecule has 1 heterocycles. The van der Waals surface area contributed by atoms with Crippen molar-refractivity contribution in [2.24, 2.45) is 4.99 Å². The molecule has 1 aliphatic heterocycles. The molecule has 1 aliphatic rings. The van der Waals surface area contributed by atoms with E-state index < -0.39 is 0 Å². The van der Waals surface area contributed by atoms with Gasteiger partial charge < -0.3 is 4.74 Å². The Bertz CT molecular complexity index is 288. The minimum absolute atomic E-state index is 0.390. The summed E-state index contributed by atoms with van der Waals surface area (Å²) in [5.74, 6) is 1.01. The molecule has 0 amide bonds. The van der Waals surface area contributed by atoms with Crippen molar-refractivity contribution in [1.82, 2.24) is 0 Å². The van der Waals surface area contributed by atoms with E-state index in [1.807, 2.05) is 0 Å². The maximum atomic E-state index is 5.53. The standard InChI is InChI=1S/C21H41NO/c1-3-4-5-6-7-8-9-10-11-12-13-14-15-16-17-18-21-22-20(2)19-23-21/h20H,3-19H2,1-2H3. The lowest BCUT2D eigenvalue weighted by Gasteiger charge is -2.04. The molecule has 0 radical (unpaired) electrons. The van der Waals surface area contributed by atoms with Gasteiger partial charge in [0.1, 0.15) is 6.61 Å². The summed E-state index contributed by atoms with van der Waals surface area (Å²) < 4.78 is 5.53. The van der Waals surface area contributed by atoms with Crippen LogP contribution >= 0.6 is 0 Å². The number of aliphatic imine (C=N–C) groups is 1. The highest BCUT2D eigenvalue weighted by Gasteiger charge is 2.12. The van der Waals surface area contributed by atoms with E-state index in [0.717, 1.165) is 18.9 Å². The average molecular weight is 324 g/mol. The summed E-state index contributed by atoms with van der Waals surface area (Å²) in [6.07, 6.45) is 22.4. The maximum absolute atomic E-state index is 5.53. The van der Waals surface area contributed by atoms with Crippen molar-refractivity contribution >= 4 is 5.90 Å². The zero-order valence-corrected chi connectivity index (χ0v) is 16.0. The predicted octanol–water partition coefficient (Wildman–Crippen LogP) is 7.07. The van der Waals surface area contributed by atoms with Crippen LogP contribution in [-0.4, -0.2) is 18.5 Å². The molecule has 1 rings (SSSR count). The zero-order valence-electron chi connectivity index (χ0n) is 16.0. The summed E-state index contributed by atoms with van der Waals surface area (Å²) in [7, 11) is 0. The second kappa shape index (κ2) is 15.0. The van der Waals surface area contributed by atoms with E-state index >= 15 is 0 Å². The Morgan fingerprint density at radius 2 is 1.17 bits per heavy atom. The number of ether oxygens (including phenoxy) is 1. The number of hydrogen-bond acceptors (Lipinski definition) is 2. The van der Waals surface area contributed by atoms with Crippen LogP contribution in [0.3, 0.4) is 0 Å². The molecular weight excluding hydrogens is 282 g/mol. The Balaban J connectivity index is 1.69. The average Bonchev–Trinajstić information content (AvgIpc) is 2.96. The lowest BCUT2D eigenvalue weighted by Crippen LogP contribution is -2.00. The second-order valence-corrected chi connectivity index (χ2v) is 7.38. The van der Waals surface area contributed by atoms with Gasteiger partial charge in [-0.15, -0.1) is 0 Å². The van der Waals surface area contributed by atoms with Crippen molar-refractivity contribution in [1.29, 1.82) is 0 Å². The molecule has 0 spiro atoms. The molecule has 0 aromatic heterocycles. The Hall–Kier alpha value is -0.530. The molecule has 0 saturated carbocycles. The minimum Gasteiger partial charge on any atom is -0.479 e. The van der Waals surface area contributed by atoms with E-state index in [2.05, 4.69) is 18.8 Å². The monoisotopic (exact) mass is 323 g/mol. The van der Waals surface area contributed by atoms with E-state index in [1.54, 1.807) is 0 Å². The van der Waals surface area contributed by atoms with Crippen LogP contribution in [0.1, 0.15) is 117 Å². The van der Waals surface area contributed by atoms with Crippen LogP contribution in [0.4, 0.5) is 0 Å². The van der Waals surface area contributed by atoms with Crippen molar-refractivity contribution in [2.75, 3.05) is 6.61 Å². The maximum Gasteiger partial charge on any atom is 0.183 e. The molecule has 23 heavy (non-hydrogen) atoms. The zero-order chi connectivity index (χ0) is 16.6. The Morgan fingerprint density at radius 1 is 0.739 bits per heavy atom. The Kier molecular flexibility index (Phi) is 13.4. The summed E-state index contributed by atoms with van der Waals surface area (Å²) in [6.45, 7) is 5.22. The molecule has 0 N–H and O–H groups in total. The molecule has 0 fully saturated rings.